The van der Waals surface area contributed by atoms with Crippen molar-refractivity contribution in [2.24, 2.45) is 5.92 Å². The van der Waals surface area contributed by atoms with E-state index in [0.29, 0.717) is 16.3 Å². The predicted molar refractivity (Wildman–Crippen MR) is 63.7 cm³/mol. The monoisotopic (exact) mass is 251 g/mol. The molecule has 1 aromatic heterocycles. The number of thioether (sulfide) groups is 1. The largest absolute Gasteiger partial charge is 0.481 e. The molecular formula is C11H13N3O2S. The number of rotatable bonds is 4. The Morgan fingerprint density at radius 1 is 1.53 bits per heavy atom. The molecule has 0 fully saturated rings. The first kappa shape index (κ1) is 13.5. The van der Waals surface area contributed by atoms with Gasteiger partial charge in [0.2, 0.25) is 0 Å². The van der Waals surface area contributed by atoms with Crippen LogP contribution in [-0.2, 0) is 4.79 Å². The quantitative estimate of drug-likeness (QED) is 0.821. The van der Waals surface area contributed by atoms with Crippen molar-refractivity contribution < 1.29 is 9.90 Å². The van der Waals surface area contributed by atoms with Gasteiger partial charge in [-0.2, -0.15) is 10.4 Å². The van der Waals surface area contributed by atoms with Crippen LogP contribution in [0.25, 0.3) is 0 Å². The number of carboxylic acids is 1. The number of carbonyl (C=O) groups is 1. The molecule has 1 atom stereocenters. The van der Waals surface area contributed by atoms with E-state index in [1.54, 1.807) is 13.8 Å². The lowest BCUT2D eigenvalue weighted by molar-refractivity contribution is -0.140. The normalized spacial score (nSPS) is 11.9. The van der Waals surface area contributed by atoms with Gasteiger partial charge < -0.3 is 5.11 Å². The summed E-state index contributed by atoms with van der Waals surface area (Å²) in [6, 6.07) is 2.09. The van der Waals surface area contributed by atoms with Gasteiger partial charge in [0, 0.05) is 5.75 Å². The van der Waals surface area contributed by atoms with E-state index in [0.717, 1.165) is 11.3 Å². The Labute approximate surface area is 104 Å². The second kappa shape index (κ2) is 5.64. The van der Waals surface area contributed by atoms with E-state index in [9.17, 15) is 4.79 Å². The van der Waals surface area contributed by atoms with E-state index in [4.69, 9.17) is 10.4 Å². The van der Waals surface area contributed by atoms with Crippen LogP contribution in [0.2, 0.25) is 0 Å². The maximum Gasteiger partial charge on any atom is 0.307 e. The van der Waals surface area contributed by atoms with Crippen LogP contribution in [0.15, 0.2) is 5.03 Å². The number of aromatic nitrogens is 2. The molecule has 0 saturated carbocycles. The topological polar surface area (TPSA) is 86.9 Å². The number of aryl methyl sites for hydroxylation is 1. The molecule has 17 heavy (non-hydrogen) atoms. The van der Waals surface area contributed by atoms with Crippen LogP contribution in [0.3, 0.4) is 0 Å². The molecule has 6 heteroatoms. The molecular weight excluding hydrogens is 238 g/mol. The Morgan fingerprint density at radius 2 is 2.18 bits per heavy atom. The molecule has 0 saturated heterocycles. The van der Waals surface area contributed by atoms with Crippen molar-refractivity contribution in [1.29, 1.82) is 5.26 Å². The van der Waals surface area contributed by atoms with Crippen molar-refractivity contribution in [3.05, 3.63) is 16.8 Å². The summed E-state index contributed by atoms with van der Waals surface area (Å²) in [6.07, 6.45) is 0. The maximum absolute atomic E-state index is 10.7. The van der Waals surface area contributed by atoms with E-state index in [1.807, 2.05) is 6.92 Å². The van der Waals surface area contributed by atoms with E-state index in [2.05, 4.69) is 16.3 Å². The summed E-state index contributed by atoms with van der Waals surface area (Å²) >= 11 is 1.25. The highest BCUT2D eigenvalue weighted by Crippen LogP contribution is 2.24. The summed E-state index contributed by atoms with van der Waals surface area (Å²) in [5, 5.41) is 26.2. The Bertz CT molecular complexity index is 482. The highest BCUT2D eigenvalue weighted by molar-refractivity contribution is 7.99. The van der Waals surface area contributed by atoms with E-state index < -0.39 is 11.9 Å². The zero-order chi connectivity index (χ0) is 13.0. The molecule has 1 aromatic rings. The van der Waals surface area contributed by atoms with Crippen LogP contribution in [0.1, 0.15) is 23.7 Å². The van der Waals surface area contributed by atoms with E-state index in [-0.39, 0.29) is 0 Å². The van der Waals surface area contributed by atoms with Crippen LogP contribution in [0.5, 0.6) is 0 Å². The molecule has 0 aliphatic rings. The van der Waals surface area contributed by atoms with E-state index in [1.165, 1.54) is 11.8 Å². The van der Waals surface area contributed by atoms with Gasteiger partial charge in [0.1, 0.15) is 11.1 Å². The van der Waals surface area contributed by atoms with Gasteiger partial charge in [0.25, 0.3) is 0 Å². The summed E-state index contributed by atoms with van der Waals surface area (Å²) in [6.45, 7) is 5.22. The summed E-state index contributed by atoms with van der Waals surface area (Å²) in [4.78, 5) is 10.7. The second-order valence-electron chi connectivity index (χ2n) is 3.75. The predicted octanol–water partition coefficient (Wildman–Crippen LogP) is 1.78. The molecule has 0 aliphatic carbocycles. The van der Waals surface area contributed by atoms with Gasteiger partial charge in [0.05, 0.1) is 17.2 Å². The molecule has 1 N–H and O–H groups in total. The van der Waals surface area contributed by atoms with Gasteiger partial charge in [-0.25, -0.2) is 0 Å². The second-order valence-corrected chi connectivity index (χ2v) is 4.76. The Balaban J connectivity index is 2.90. The van der Waals surface area contributed by atoms with Gasteiger partial charge in [-0.05, 0) is 19.4 Å². The van der Waals surface area contributed by atoms with Gasteiger partial charge in [-0.3, -0.25) is 4.79 Å². The maximum atomic E-state index is 10.7. The van der Waals surface area contributed by atoms with Crippen LogP contribution in [-0.4, -0.2) is 27.0 Å². The first-order valence-electron chi connectivity index (χ1n) is 5.07. The molecule has 5 nitrogen and oxygen atoms in total. The summed E-state index contributed by atoms with van der Waals surface area (Å²) in [7, 11) is 0. The SMILES string of the molecule is Cc1nnc(SCC(C)C(=O)O)c(C#N)c1C. The third-order valence-corrected chi connectivity index (χ3v) is 3.65. The van der Waals surface area contributed by atoms with Gasteiger partial charge >= 0.3 is 5.97 Å². The average Bonchev–Trinajstić information content (AvgIpc) is 2.30. The number of aliphatic carboxylic acids is 1. The molecule has 90 valence electrons. The average molecular weight is 251 g/mol. The Kier molecular flexibility index (Phi) is 4.46. The fourth-order valence-electron chi connectivity index (χ4n) is 1.09. The summed E-state index contributed by atoms with van der Waals surface area (Å²) in [5.74, 6) is -0.955. The zero-order valence-electron chi connectivity index (χ0n) is 9.89. The standard InChI is InChI=1S/C11H13N3O2S/c1-6(11(15)16)5-17-10-9(4-12)7(2)8(3)13-14-10/h6H,5H2,1-3H3,(H,15,16). The highest BCUT2D eigenvalue weighted by atomic mass is 32.2. The molecule has 1 heterocycles. The first-order chi connectivity index (χ1) is 7.97. The number of carboxylic acid groups (broad SMARTS) is 1. The summed E-state index contributed by atoms with van der Waals surface area (Å²) in [5.41, 5.74) is 2.00. The van der Waals surface area contributed by atoms with Crippen LogP contribution in [0, 0.1) is 31.1 Å². The molecule has 0 radical (unpaired) electrons. The third-order valence-electron chi connectivity index (χ3n) is 2.43. The number of nitrogens with zero attached hydrogens (tertiary/aromatic N) is 3. The fraction of sp³-hybridized carbons (Fsp3) is 0.455. The molecule has 1 rings (SSSR count). The minimum Gasteiger partial charge on any atom is -0.481 e. The lowest BCUT2D eigenvalue weighted by atomic mass is 10.1. The van der Waals surface area contributed by atoms with Crippen LogP contribution >= 0.6 is 11.8 Å². The first-order valence-corrected chi connectivity index (χ1v) is 6.05. The zero-order valence-corrected chi connectivity index (χ0v) is 10.7. The van der Waals surface area contributed by atoms with Crippen molar-refractivity contribution in [1.82, 2.24) is 10.2 Å². The summed E-state index contributed by atoms with van der Waals surface area (Å²) < 4.78 is 0. The van der Waals surface area contributed by atoms with Gasteiger partial charge in [-0.1, -0.05) is 6.92 Å². The van der Waals surface area contributed by atoms with Crippen molar-refractivity contribution in [2.75, 3.05) is 5.75 Å². The third kappa shape index (κ3) is 3.17. The van der Waals surface area contributed by atoms with Crippen molar-refractivity contribution in [2.45, 2.75) is 25.8 Å². The molecule has 0 aliphatic heterocycles. The number of nitriles is 1. The molecule has 0 amide bonds. The molecule has 1 unspecified atom stereocenters. The molecule has 0 spiro atoms. The number of hydrogen-bond donors (Lipinski definition) is 1. The van der Waals surface area contributed by atoms with Crippen LogP contribution in [0.4, 0.5) is 0 Å². The van der Waals surface area contributed by atoms with Gasteiger partial charge in [-0.15, -0.1) is 16.9 Å². The van der Waals surface area contributed by atoms with Crippen LogP contribution < -0.4 is 0 Å². The van der Waals surface area contributed by atoms with E-state index >= 15 is 0 Å². The van der Waals surface area contributed by atoms with Gasteiger partial charge in [0.15, 0.2) is 0 Å². The Hall–Kier alpha value is -1.61. The van der Waals surface area contributed by atoms with Crippen molar-refractivity contribution >= 4 is 17.7 Å². The minimum atomic E-state index is -0.854. The molecule has 0 bridgehead atoms. The molecule has 0 aromatic carbocycles. The smallest absolute Gasteiger partial charge is 0.307 e. The minimum absolute atomic E-state index is 0.376. The Morgan fingerprint density at radius 3 is 2.71 bits per heavy atom. The number of hydrogen-bond acceptors (Lipinski definition) is 5. The fourth-order valence-corrected chi connectivity index (χ4v) is 2.09. The van der Waals surface area contributed by atoms with Crippen molar-refractivity contribution in [3.8, 4) is 6.07 Å². The lowest BCUT2D eigenvalue weighted by Crippen LogP contribution is -2.12. The highest BCUT2D eigenvalue weighted by Gasteiger charge is 2.15. The lowest BCUT2D eigenvalue weighted by Gasteiger charge is -2.08. The van der Waals surface area contributed by atoms with Crippen molar-refractivity contribution in [3.63, 3.8) is 0 Å².